The summed E-state index contributed by atoms with van der Waals surface area (Å²) in [5.74, 6) is 0. The van der Waals surface area contributed by atoms with Crippen LogP contribution >= 0.6 is 0 Å². The highest BCUT2D eigenvalue weighted by molar-refractivity contribution is 5.01. The van der Waals surface area contributed by atoms with Gasteiger partial charge in [0.2, 0.25) is 0 Å². The van der Waals surface area contributed by atoms with E-state index in [9.17, 15) is 0 Å². The summed E-state index contributed by atoms with van der Waals surface area (Å²) < 4.78 is 0. The quantitative estimate of drug-likeness (QED) is 0.628. The van der Waals surface area contributed by atoms with E-state index in [4.69, 9.17) is 0 Å². The van der Waals surface area contributed by atoms with Gasteiger partial charge in [-0.15, -0.1) is 0 Å². The predicted octanol–water partition coefficient (Wildman–Crippen LogP) is 2.47. The zero-order valence-corrected chi connectivity index (χ0v) is 8.39. The zero-order chi connectivity index (χ0) is 9.28. The van der Waals surface area contributed by atoms with Gasteiger partial charge in [0.05, 0.1) is 11.4 Å². The fourth-order valence-corrected chi connectivity index (χ4v) is 0.337. The van der Waals surface area contributed by atoms with Gasteiger partial charge in [0.25, 0.3) is 0 Å². The molecule has 0 unspecified atom stereocenters. The lowest BCUT2D eigenvalue weighted by molar-refractivity contribution is 0.921. The number of nitrogens with one attached hydrogen (secondary N) is 1. The molecule has 1 aromatic rings. The van der Waals surface area contributed by atoms with Gasteiger partial charge < -0.3 is 0 Å². The van der Waals surface area contributed by atoms with Crippen molar-refractivity contribution in [2.75, 3.05) is 0 Å². The standard InChI is InChI=1S/C4H7N3.2C2H6/c1-3-4(2)6-7-5-3;2*1-2/h1-2H3,(H,5,6,7);2*1-2H3. The molecule has 0 radical (unpaired) electrons. The van der Waals surface area contributed by atoms with Crippen molar-refractivity contribution in [3.05, 3.63) is 11.4 Å². The second-order valence-electron chi connectivity index (χ2n) is 1.49. The maximum Gasteiger partial charge on any atom is 0.0822 e. The Morgan fingerprint density at radius 2 is 1.09 bits per heavy atom. The van der Waals surface area contributed by atoms with Crippen LogP contribution in [0.3, 0.4) is 0 Å². The number of hydrogen-bond acceptors (Lipinski definition) is 2. The molecule has 0 saturated heterocycles. The molecule has 0 atom stereocenters. The zero-order valence-electron chi connectivity index (χ0n) is 8.39. The Kier molecular flexibility index (Phi) is 10.6. The molecular weight excluding hydrogens is 138 g/mol. The molecule has 1 rings (SSSR count). The fraction of sp³-hybridized carbons (Fsp3) is 0.750. The number of H-pyrrole nitrogens is 1. The van der Waals surface area contributed by atoms with Gasteiger partial charge in [-0.3, -0.25) is 0 Å². The van der Waals surface area contributed by atoms with Crippen LogP contribution in [0.1, 0.15) is 39.1 Å². The summed E-state index contributed by atoms with van der Waals surface area (Å²) in [5.41, 5.74) is 1.94. The van der Waals surface area contributed by atoms with Crippen molar-refractivity contribution in [2.45, 2.75) is 41.5 Å². The van der Waals surface area contributed by atoms with Crippen LogP contribution < -0.4 is 0 Å². The number of hydrogen-bond donors (Lipinski definition) is 1. The van der Waals surface area contributed by atoms with E-state index in [-0.39, 0.29) is 0 Å². The number of nitrogens with zero attached hydrogens (tertiary/aromatic N) is 2. The average molecular weight is 157 g/mol. The Bertz CT molecular complexity index is 142. The van der Waals surface area contributed by atoms with Gasteiger partial charge in [-0.05, 0) is 13.8 Å². The van der Waals surface area contributed by atoms with Crippen molar-refractivity contribution >= 4 is 0 Å². The largest absolute Gasteiger partial charge is 0.197 e. The Hall–Kier alpha value is -0.860. The van der Waals surface area contributed by atoms with Crippen LogP contribution in [-0.4, -0.2) is 15.4 Å². The summed E-state index contributed by atoms with van der Waals surface area (Å²) in [5, 5.41) is 10.1. The first-order valence-corrected chi connectivity index (χ1v) is 4.14. The molecule has 3 heteroatoms. The number of rotatable bonds is 0. The minimum Gasteiger partial charge on any atom is -0.197 e. The van der Waals surface area contributed by atoms with Gasteiger partial charge in [0.15, 0.2) is 0 Å². The normalized spacial score (nSPS) is 7.09. The van der Waals surface area contributed by atoms with E-state index in [1.165, 1.54) is 0 Å². The fourth-order valence-electron chi connectivity index (χ4n) is 0.337. The van der Waals surface area contributed by atoms with E-state index in [0.717, 1.165) is 11.4 Å². The molecule has 11 heavy (non-hydrogen) atoms. The van der Waals surface area contributed by atoms with Crippen molar-refractivity contribution in [2.24, 2.45) is 0 Å². The van der Waals surface area contributed by atoms with Crippen molar-refractivity contribution in [3.8, 4) is 0 Å². The SMILES string of the molecule is CC.CC.Cc1n[nH]nc1C. The molecule has 0 aliphatic heterocycles. The molecule has 0 fully saturated rings. The lowest BCUT2D eigenvalue weighted by Crippen LogP contribution is -1.71. The van der Waals surface area contributed by atoms with E-state index in [1.54, 1.807) is 0 Å². The molecule has 0 aliphatic carbocycles. The number of aromatic nitrogens is 3. The Morgan fingerprint density at radius 3 is 1.18 bits per heavy atom. The first kappa shape index (κ1) is 12.8. The van der Waals surface area contributed by atoms with E-state index in [2.05, 4.69) is 15.4 Å². The molecule has 1 heterocycles. The van der Waals surface area contributed by atoms with E-state index in [0.29, 0.717) is 0 Å². The summed E-state index contributed by atoms with van der Waals surface area (Å²) >= 11 is 0. The minimum absolute atomic E-state index is 0.972. The average Bonchev–Trinajstić information content (AvgIpc) is 2.44. The molecule has 0 spiro atoms. The van der Waals surface area contributed by atoms with Crippen molar-refractivity contribution in [3.63, 3.8) is 0 Å². The maximum absolute atomic E-state index is 3.78. The smallest absolute Gasteiger partial charge is 0.0822 e. The molecule has 1 N–H and O–H groups in total. The highest BCUT2D eigenvalue weighted by atomic mass is 15.3. The molecule has 66 valence electrons. The van der Waals surface area contributed by atoms with Crippen LogP contribution in [0, 0.1) is 13.8 Å². The van der Waals surface area contributed by atoms with Crippen LogP contribution in [-0.2, 0) is 0 Å². The van der Waals surface area contributed by atoms with Gasteiger partial charge in [-0.2, -0.15) is 15.4 Å². The molecule has 0 saturated carbocycles. The van der Waals surface area contributed by atoms with Gasteiger partial charge >= 0.3 is 0 Å². The first-order valence-electron chi connectivity index (χ1n) is 4.14. The van der Waals surface area contributed by atoms with Gasteiger partial charge in [-0.1, -0.05) is 27.7 Å². The molecule has 1 aromatic heterocycles. The Labute approximate surface area is 69.2 Å². The lowest BCUT2D eigenvalue weighted by atomic mass is 10.4. The van der Waals surface area contributed by atoms with Crippen LogP contribution in [0.2, 0.25) is 0 Å². The highest BCUT2D eigenvalue weighted by Crippen LogP contribution is 1.91. The maximum atomic E-state index is 3.78. The van der Waals surface area contributed by atoms with Gasteiger partial charge in [0, 0.05) is 0 Å². The summed E-state index contributed by atoms with van der Waals surface area (Å²) in [4.78, 5) is 0. The molecule has 0 amide bonds. The monoisotopic (exact) mass is 157 g/mol. The van der Waals surface area contributed by atoms with Crippen LogP contribution in [0.15, 0.2) is 0 Å². The third-order valence-electron chi connectivity index (χ3n) is 0.959. The molecule has 0 aliphatic rings. The second-order valence-corrected chi connectivity index (χ2v) is 1.49. The van der Waals surface area contributed by atoms with Crippen LogP contribution in [0.25, 0.3) is 0 Å². The van der Waals surface area contributed by atoms with E-state index in [1.807, 2.05) is 41.5 Å². The highest BCUT2D eigenvalue weighted by Gasteiger charge is 1.90. The van der Waals surface area contributed by atoms with Crippen molar-refractivity contribution in [1.29, 1.82) is 0 Å². The molecule has 0 bridgehead atoms. The Morgan fingerprint density at radius 1 is 0.818 bits per heavy atom. The summed E-state index contributed by atoms with van der Waals surface area (Å²) in [6.45, 7) is 11.8. The predicted molar refractivity (Wildman–Crippen MR) is 48.6 cm³/mol. The number of aromatic amines is 1. The van der Waals surface area contributed by atoms with Crippen LogP contribution in [0.5, 0.6) is 0 Å². The third-order valence-corrected chi connectivity index (χ3v) is 0.959. The van der Waals surface area contributed by atoms with Gasteiger partial charge in [-0.25, -0.2) is 0 Å². The summed E-state index contributed by atoms with van der Waals surface area (Å²) in [6.07, 6.45) is 0. The van der Waals surface area contributed by atoms with E-state index < -0.39 is 0 Å². The lowest BCUT2D eigenvalue weighted by Gasteiger charge is -1.74. The summed E-state index contributed by atoms with van der Waals surface area (Å²) in [6, 6.07) is 0. The van der Waals surface area contributed by atoms with Crippen molar-refractivity contribution in [1.82, 2.24) is 15.4 Å². The molecule has 0 aromatic carbocycles. The molecular formula is C8H19N3. The summed E-state index contributed by atoms with van der Waals surface area (Å²) in [7, 11) is 0. The minimum atomic E-state index is 0.972. The Balaban J connectivity index is 0. The first-order chi connectivity index (χ1) is 5.30. The van der Waals surface area contributed by atoms with Crippen molar-refractivity contribution < 1.29 is 0 Å². The second kappa shape index (κ2) is 9.14. The van der Waals surface area contributed by atoms with Gasteiger partial charge in [0.1, 0.15) is 0 Å². The van der Waals surface area contributed by atoms with Crippen LogP contribution in [0.4, 0.5) is 0 Å². The van der Waals surface area contributed by atoms with E-state index >= 15 is 0 Å². The third kappa shape index (κ3) is 5.58. The molecule has 3 nitrogen and oxygen atoms in total. The number of aryl methyl sites for hydroxylation is 2. The topological polar surface area (TPSA) is 41.6 Å².